The minimum absolute atomic E-state index is 0.298. The van der Waals surface area contributed by atoms with Crippen LogP contribution in [-0.2, 0) is 6.54 Å². The van der Waals surface area contributed by atoms with Crippen molar-refractivity contribution in [1.29, 1.82) is 0 Å². The van der Waals surface area contributed by atoms with E-state index in [1.807, 2.05) is 37.3 Å². The summed E-state index contributed by atoms with van der Waals surface area (Å²) in [5.74, 6) is 0.918. The fourth-order valence-electron chi connectivity index (χ4n) is 1.84. The van der Waals surface area contributed by atoms with Gasteiger partial charge in [-0.15, -0.1) is 0 Å². The highest BCUT2D eigenvalue weighted by molar-refractivity contribution is 5.56. The minimum atomic E-state index is -0.304. The molecule has 0 spiro atoms. The first-order valence-electron chi connectivity index (χ1n) is 6.79. The molecule has 6 nitrogen and oxygen atoms in total. The van der Waals surface area contributed by atoms with Gasteiger partial charge in [-0.1, -0.05) is 37.3 Å². The molecule has 0 saturated carbocycles. The normalized spacial score (nSPS) is 10.5. The Bertz CT molecular complexity index is 609. The van der Waals surface area contributed by atoms with E-state index in [0.717, 1.165) is 18.5 Å². The maximum atomic E-state index is 12.0. The van der Waals surface area contributed by atoms with Crippen LogP contribution in [0.15, 0.2) is 35.1 Å². The van der Waals surface area contributed by atoms with Crippen LogP contribution in [0.3, 0.4) is 0 Å². The van der Waals surface area contributed by atoms with Crippen LogP contribution in [0, 0.1) is 0 Å². The zero-order chi connectivity index (χ0) is 14.4. The molecule has 1 aromatic heterocycles. The number of rotatable bonds is 6. The lowest BCUT2D eigenvalue weighted by atomic mass is 10.2. The topological polar surface area (TPSA) is 71.8 Å². The van der Waals surface area contributed by atoms with Crippen molar-refractivity contribution < 1.29 is 0 Å². The first-order valence-corrected chi connectivity index (χ1v) is 6.79. The predicted octanol–water partition coefficient (Wildman–Crippen LogP) is 1.65. The summed E-state index contributed by atoms with van der Waals surface area (Å²) in [6.45, 7) is 5.27. The SMILES string of the molecule is CCCNNc1nc(-c2ccccc2)n(CC)c(=O)n1. The summed E-state index contributed by atoms with van der Waals surface area (Å²) in [5, 5.41) is 0. The molecule has 6 heteroatoms. The van der Waals surface area contributed by atoms with E-state index < -0.39 is 0 Å². The minimum Gasteiger partial charge on any atom is -0.289 e. The summed E-state index contributed by atoms with van der Waals surface area (Å²) in [6.07, 6.45) is 0.977. The third-order valence-corrected chi connectivity index (χ3v) is 2.82. The summed E-state index contributed by atoms with van der Waals surface area (Å²) >= 11 is 0. The van der Waals surface area contributed by atoms with Gasteiger partial charge >= 0.3 is 5.69 Å². The summed E-state index contributed by atoms with van der Waals surface area (Å²) in [7, 11) is 0. The molecule has 0 radical (unpaired) electrons. The van der Waals surface area contributed by atoms with Crippen molar-refractivity contribution in [1.82, 2.24) is 20.0 Å². The molecule has 0 aliphatic rings. The highest BCUT2D eigenvalue weighted by Gasteiger charge is 2.10. The van der Waals surface area contributed by atoms with Crippen molar-refractivity contribution in [3.05, 3.63) is 40.8 Å². The number of nitrogens with one attached hydrogen (secondary N) is 2. The van der Waals surface area contributed by atoms with Crippen molar-refractivity contribution in [2.24, 2.45) is 0 Å². The number of hydrogen-bond acceptors (Lipinski definition) is 5. The van der Waals surface area contributed by atoms with Gasteiger partial charge in [0, 0.05) is 18.7 Å². The number of anilines is 1. The molecule has 0 aliphatic heterocycles. The Morgan fingerprint density at radius 2 is 1.90 bits per heavy atom. The molecular formula is C14H19N5O. The molecule has 2 aromatic rings. The summed E-state index contributed by atoms with van der Waals surface area (Å²) in [6, 6.07) is 9.63. The van der Waals surface area contributed by atoms with E-state index in [2.05, 4.69) is 27.7 Å². The highest BCUT2D eigenvalue weighted by Crippen LogP contribution is 2.15. The third kappa shape index (κ3) is 3.21. The van der Waals surface area contributed by atoms with Crippen LogP contribution in [0.2, 0.25) is 0 Å². The maximum absolute atomic E-state index is 12.0. The highest BCUT2D eigenvalue weighted by atomic mass is 16.1. The van der Waals surface area contributed by atoms with Gasteiger partial charge in [-0.05, 0) is 13.3 Å². The maximum Gasteiger partial charge on any atom is 0.352 e. The molecule has 1 heterocycles. The Morgan fingerprint density at radius 1 is 1.15 bits per heavy atom. The Kier molecular flexibility index (Phi) is 4.84. The van der Waals surface area contributed by atoms with Gasteiger partial charge < -0.3 is 0 Å². The van der Waals surface area contributed by atoms with E-state index in [0.29, 0.717) is 18.3 Å². The second-order valence-electron chi connectivity index (χ2n) is 4.32. The van der Waals surface area contributed by atoms with Crippen LogP contribution in [0.5, 0.6) is 0 Å². The second-order valence-corrected chi connectivity index (χ2v) is 4.32. The summed E-state index contributed by atoms with van der Waals surface area (Å²) in [5.41, 5.74) is 6.43. The molecule has 2 N–H and O–H groups in total. The molecule has 20 heavy (non-hydrogen) atoms. The van der Waals surface area contributed by atoms with Crippen molar-refractivity contribution in [3.63, 3.8) is 0 Å². The zero-order valence-corrected chi connectivity index (χ0v) is 11.8. The van der Waals surface area contributed by atoms with E-state index in [1.165, 1.54) is 0 Å². The lowest BCUT2D eigenvalue weighted by Gasteiger charge is -2.12. The smallest absolute Gasteiger partial charge is 0.289 e. The number of hydrogen-bond donors (Lipinski definition) is 2. The van der Waals surface area contributed by atoms with E-state index in [9.17, 15) is 4.79 Å². The van der Waals surface area contributed by atoms with Crippen molar-refractivity contribution in [3.8, 4) is 11.4 Å². The molecule has 0 unspecified atom stereocenters. The number of nitrogens with zero attached hydrogens (tertiary/aromatic N) is 3. The Balaban J connectivity index is 2.40. The van der Waals surface area contributed by atoms with Gasteiger partial charge in [0.05, 0.1) is 0 Å². The van der Waals surface area contributed by atoms with Crippen LogP contribution in [0.4, 0.5) is 5.95 Å². The quantitative estimate of drug-likeness (QED) is 0.618. The molecular weight excluding hydrogens is 254 g/mol. The zero-order valence-electron chi connectivity index (χ0n) is 11.8. The second kappa shape index (κ2) is 6.81. The molecule has 1 aromatic carbocycles. The van der Waals surface area contributed by atoms with Gasteiger partial charge in [-0.3, -0.25) is 9.99 Å². The Hall–Kier alpha value is -2.21. The largest absolute Gasteiger partial charge is 0.352 e. The standard InChI is InChI=1S/C14H19N5O/c1-3-10-15-18-13-16-12(11-8-6-5-7-9-11)19(4-2)14(20)17-13/h5-9,15H,3-4,10H2,1-2H3,(H,17,18,20). The van der Waals surface area contributed by atoms with Crippen LogP contribution in [0.1, 0.15) is 20.3 Å². The molecule has 0 atom stereocenters. The first-order chi connectivity index (χ1) is 9.76. The van der Waals surface area contributed by atoms with E-state index in [-0.39, 0.29) is 5.69 Å². The Morgan fingerprint density at radius 3 is 2.55 bits per heavy atom. The van der Waals surface area contributed by atoms with E-state index in [4.69, 9.17) is 0 Å². The number of hydrazine groups is 1. The molecule has 0 aliphatic carbocycles. The molecule has 2 rings (SSSR count). The average Bonchev–Trinajstić information content (AvgIpc) is 2.48. The van der Waals surface area contributed by atoms with Crippen LogP contribution >= 0.6 is 0 Å². The number of aromatic nitrogens is 3. The van der Waals surface area contributed by atoms with Crippen LogP contribution in [0.25, 0.3) is 11.4 Å². The van der Waals surface area contributed by atoms with Gasteiger partial charge in [0.25, 0.3) is 0 Å². The van der Waals surface area contributed by atoms with E-state index >= 15 is 0 Å². The van der Waals surface area contributed by atoms with Gasteiger partial charge in [0.15, 0.2) is 0 Å². The summed E-state index contributed by atoms with van der Waals surface area (Å²) in [4.78, 5) is 20.4. The molecule has 0 amide bonds. The van der Waals surface area contributed by atoms with Crippen molar-refractivity contribution in [2.75, 3.05) is 12.0 Å². The van der Waals surface area contributed by atoms with Gasteiger partial charge in [0.1, 0.15) is 5.82 Å². The average molecular weight is 273 g/mol. The number of benzene rings is 1. The monoisotopic (exact) mass is 273 g/mol. The molecule has 0 fully saturated rings. The fourth-order valence-corrected chi connectivity index (χ4v) is 1.84. The predicted molar refractivity (Wildman–Crippen MR) is 79.3 cm³/mol. The third-order valence-electron chi connectivity index (χ3n) is 2.82. The lowest BCUT2D eigenvalue weighted by Crippen LogP contribution is -2.30. The van der Waals surface area contributed by atoms with Crippen LogP contribution in [-0.4, -0.2) is 21.1 Å². The fraction of sp³-hybridized carbons (Fsp3) is 0.357. The molecule has 0 saturated heterocycles. The molecule has 0 bridgehead atoms. The van der Waals surface area contributed by atoms with Crippen LogP contribution < -0.4 is 16.5 Å². The first kappa shape index (κ1) is 14.2. The van der Waals surface area contributed by atoms with Gasteiger partial charge in [0.2, 0.25) is 5.95 Å². The van der Waals surface area contributed by atoms with Gasteiger partial charge in [-0.25, -0.2) is 10.2 Å². The van der Waals surface area contributed by atoms with Gasteiger partial charge in [-0.2, -0.15) is 9.97 Å². The van der Waals surface area contributed by atoms with Crippen molar-refractivity contribution >= 4 is 5.95 Å². The Labute approximate surface area is 117 Å². The summed E-state index contributed by atoms with van der Waals surface area (Å²) < 4.78 is 1.56. The van der Waals surface area contributed by atoms with Crippen molar-refractivity contribution in [2.45, 2.75) is 26.8 Å². The van der Waals surface area contributed by atoms with E-state index in [1.54, 1.807) is 4.57 Å². The molecule has 106 valence electrons. The lowest BCUT2D eigenvalue weighted by molar-refractivity contribution is 0.677.